The summed E-state index contributed by atoms with van der Waals surface area (Å²) in [6.45, 7) is 0. The van der Waals surface area contributed by atoms with Crippen molar-refractivity contribution in [2.45, 2.75) is 24.6 Å². The molecular formula is C11H13FN5O6P. The van der Waals surface area contributed by atoms with Crippen LogP contribution in [-0.2, 0) is 9.30 Å². The van der Waals surface area contributed by atoms with E-state index in [1.807, 2.05) is 0 Å². The Morgan fingerprint density at radius 1 is 1.50 bits per heavy atom. The van der Waals surface area contributed by atoms with E-state index in [9.17, 15) is 18.9 Å². The van der Waals surface area contributed by atoms with Crippen LogP contribution in [0.3, 0.4) is 0 Å². The van der Waals surface area contributed by atoms with Crippen molar-refractivity contribution in [2.75, 3.05) is 5.73 Å². The molecule has 0 aromatic carbocycles. The number of nitrogens with zero attached hydrogens (tertiary/aromatic N) is 3. The van der Waals surface area contributed by atoms with E-state index in [0.29, 0.717) is 5.82 Å². The second-order valence-electron chi connectivity index (χ2n) is 5.13. The van der Waals surface area contributed by atoms with Crippen LogP contribution in [0.25, 0.3) is 11.2 Å². The summed E-state index contributed by atoms with van der Waals surface area (Å²) < 4.78 is 31.4. The van der Waals surface area contributed by atoms with Crippen molar-refractivity contribution in [1.29, 1.82) is 0 Å². The first-order chi connectivity index (χ1) is 11.2. The van der Waals surface area contributed by atoms with Gasteiger partial charge in [0.1, 0.15) is 12.2 Å². The lowest BCUT2D eigenvalue weighted by Gasteiger charge is -2.15. The van der Waals surface area contributed by atoms with Crippen LogP contribution in [0.2, 0.25) is 0 Å². The minimum atomic E-state index is -4.50. The Morgan fingerprint density at radius 2 is 2.21 bits per heavy atom. The third-order valence-corrected chi connectivity index (χ3v) is 3.98. The molecule has 1 aliphatic heterocycles. The smallest absolute Gasteiger partial charge is 0.348 e. The van der Waals surface area contributed by atoms with Crippen molar-refractivity contribution in [3.05, 3.63) is 28.6 Å². The molecule has 2 aromatic heterocycles. The van der Waals surface area contributed by atoms with Crippen molar-refractivity contribution >= 4 is 24.7 Å². The van der Waals surface area contributed by atoms with Crippen LogP contribution >= 0.6 is 7.60 Å². The number of H-pyrrole nitrogens is 1. The molecule has 24 heavy (non-hydrogen) atoms. The van der Waals surface area contributed by atoms with Crippen LogP contribution in [-0.4, -0.2) is 52.8 Å². The second kappa shape index (κ2) is 5.76. The number of rotatable bonds is 3. The van der Waals surface area contributed by atoms with Gasteiger partial charge in [0.25, 0.3) is 5.56 Å². The number of aromatic nitrogens is 4. The van der Waals surface area contributed by atoms with E-state index in [-0.39, 0.29) is 17.1 Å². The van der Waals surface area contributed by atoms with E-state index in [1.165, 1.54) is 0 Å². The average Bonchev–Trinajstić information content (AvgIpc) is 3.00. The monoisotopic (exact) mass is 361 g/mol. The lowest BCUT2D eigenvalue weighted by atomic mass is 10.1. The summed E-state index contributed by atoms with van der Waals surface area (Å²) in [7, 11) is -4.50. The molecule has 3 rings (SSSR count). The Morgan fingerprint density at radius 3 is 2.88 bits per heavy atom. The molecule has 0 amide bonds. The molecule has 4 atom stereocenters. The predicted octanol–water partition coefficient (Wildman–Crippen LogP) is -1.01. The number of aliphatic hydroxyl groups is 1. The number of aliphatic hydroxyl groups excluding tert-OH is 1. The fourth-order valence-corrected chi connectivity index (χ4v) is 2.77. The predicted molar refractivity (Wildman–Crippen MR) is 78.6 cm³/mol. The first-order valence-corrected chi connectivity index (χ1v) is 8.30. The topological polar surface area (TPSA) is 177 Å². The number of halogens is 1. The van der Waals surface area contributed by atoms with Crippen LogP contribution in [0.5, 0.6) is 0 Å². The van der Waals surface area contributed by atoms with Crippen molar-refractivity contribution in [3.63, 3.8) is 0 Å². The van der Waals surface area contributed by atoms with Crippen molar-refractivity contribution in [2.24, 2.45) is 0 Å². The fourth-order valence-electron chi connectivity index (χ4n) is 2.38. The molecule has 0 aliphatic carbocycles. The first kappa shape index (κ1) is 16.7. The number of hydrogen-bond donors (Lipinski definition) is 5. The minimum Gasteiger partial charge on any atom is -0.385 e. The Hall–Kier alpha value is -2.11. The number of aromatic amines is 1. The summed E-state index contributed by atoms with van der Waals surface area (Å²) in [4.78, 5) is 39.2. The molecule has 0 bridgehead atoms. The van der Waals surface area contributed by atoms with Gasteiger partial charge in [0.05, 0.1) is 6.33 Å². The maximum atomic E-state index is 14.1. The van der Waals surface area contributed by atoms with Gasteiger partial charge in [-0.25, -0.2) is 9.37 Å². The minimum absolute atomic E-state index is 0.0212. The fraction of sp³-hybridized carbons (Fsp3) is 0.364. The number of ether oxygens (including phenoxy) is 1. The summed E-state index contributed by atoms with van der Waals surface area (Å²) in [6, 6.07) is 0. The summed E-state index contributed by atoms with van der Waals surface area (Å²) >= 11 is 0. The van der Waals surface area contributed by atoms with Gasteiger partial charge < -0.3 is 25.4 Å². The molecule has 11 nitrogen and oxygen atoms in total. The first-order valence-electron chi connectivity index (χ1n) is 6.62. The molecule has 2 aromatic rings. The highest BCUT2D eigenvalue weighted by Gasteiger charge is 2.44. The van der Waals surface area contributed by atoms with Crippen molar-refractivity contribution < 1.29 is 28.6 Å². The highest BCUT2D eigenvalue weighted by Crippen LogP contribution is 2.39. The number of anilines is 1. The van der Waals surface area contributed by atoms with Crippen LogP contribution in [0, 0.1) is 0 Å². The maximum absolute atomic E-state index is 14.1. The number of imidazole rings is 1. The van der Waals surface area contributed by atoms with E-state index < -0.39 is 37.8 Å². The molecule has 0 unspecified atom stereocenters. The Kier molecular flexibility index (Phi) is 4.01. The zero-order valence-corrected chi connectivity index (χ0v) is 12.7. The van der Waals surface area contributed by atoms with E-state index in [1.54, 1.807) is 0 Å². The number of fused-ring (bicyclic) bond motifs is 1. The summed E-state index contributed by atoms with van der Waals surface area (Å²) in [6.07, 6.45) is -4.35. The maximum Gasteiger partial charge on any atom is 0.348 e. The number of nitrogens with one attached hydrogen (secondary N) is 1. The largest absolute Gasteiger partial charge is 0.385 e. The highest BCUT2D eigenvalue weighted by molar-refractivity contribution is 7.55. The molecule has 0 saturated carbocycles. The van der Waals surface area contributed by atoms with Crippen LogP contribution in [0.1, 0.15) is 6.23 Å². The van der Waals surface area contributed by atoms with Gasteiger partial charge in [-0.2, -0.15) is 4.98 Å². The Balaban J connectivity index is 1.97. The lowest BCUT2D eigenvalue weighted by Crippen LogP contribution is -2.27. The van der Waals surface area contributed by atoms with Crippen LogP contribution < -0.4 is 11.3 Å². The molecule has 3 heterocycles. The molecule has 1 aliphatic rings. The normalized spacial score (nSPS) is 28.2. The van der Waals surface area contributed by atoms with Gasteiger partial charge in [-0.3, -0.25) is 18.9 Å². The van der Waals surface area contributed by atoms with Gasteiger partial charge >= 0.3 is 7.60 Å². The van der Waals surface area contributed by atoms with Crippen molar-refractivity contribution in [3.8, 4) is 0 Å². The van der Waals surface area contributed by atoms with Gasteiger partial charge in [0.15, 0.2) is 23.6 Å². The second-order valence-corrected chi connectivity index (χ2v) is 6.61. The summed E-state index contributed by atoms with van der Waals surface area (Å²) in [5.41, 5.74) is 4.74. The number of hydrogen-bond acceptors (Lipinski definition) is 7. The molecule has 6 N–H and O–H groups in total. The quantitative estimate of drug-likeness (QED) is 0.429. The molecular weight excluding hydrogens is 348 g/mol. The van der Waals surface area contributed by atoms with E-state index in [4.69, 9.17) is 20.3 Å². The van der Waals surface area contributed by atoms with E-state index in [0.717, 1.165) is 17.0 Å². The molecule has 0 radical (unpaired) electrons. The highest BCUT2D eigenvalue weighted by atomic mass is 31.2. The van der Waals surface area contributed by atoms with Crippen molar-refractivity contribution in [1.82, 2.24) is 19.5 Å². The van der Waals surface area contributed by atoms with Gasteiger partial charge in [0, 0.05) is 5.82 Å². The third-order valence-electron chi connectivity index (χ3n) is 3.42. The number of nitrogens with two attached hydrogens (primary N) is 1. The standard InChI is InChI=1S/C11H13FN5O6P/c12-5-4(1-2-24(20,21)22)23-10(7(5)18)17-3-14-6-8(17)15-11(13)16-9(6)19/h1-5,7,10,18H,(H2,20,21,22)(H3,13,15,16,19)/t4-,5-,7-,10-/m1/s1. The Labute approximate surface area is 132 Å². The van der Waals surface area contributed by atoms with Crippen LogP contribution in [0.15, 0.2) is 23.0 Å². The number of nitrogen functional groups attached to an aromatic ring is 1. The summed E-state index contributed by atoms with van der Waals surface area (Å²) in [5.74, 6) is 0.295. The molecule has 1 saturated heterocycles. The lowest BCUT2D eigenvalue weighted by molar-refractivity contribution is -0.0233. The van der Waals surface area contributed by atoms with E-state index in [2.05, 4.69) is 15.0 Å². The van der Waals surface area contributed by atoms with E-state index >= 15 is 0 Å². The van der Waals surface area contributed by atoms with Crippen LogP contribution in [0.4, 0.5) is 10.3 Å². The van der Waals surface area contributed by atoms with Gasteiger partial charge in [-0.15, -0.1) is 0 Å². The Bertz CT molecular complexity index is 906. The van der Waals surface area contributed by atoms with Gasteiger partial charge in [0.2, 0.25) is 5.95 Å². The zero-order valence-electron chi connectivity index (χ0n) is 11.9. The SMILES string of the molecule is Nc1nc2c(ncn2[C@@H]2O[C@H](C=CP(=O)(O)O)[C@@H](F)[C@H]2O)c(=O)[nH]1. The molecule has 13 heteroatoms. The molecule has 130 valence electrons. The van der Waals surface area contributed by atoms with Gasteiger partial charge in [-0.1, -0.05) is 0 Å². The molecule has 1 fully saturated rings. The summed E-state index contributed by atoms with van der Waals surface area (Å²) in [5, 5.41) is 10.0. The zero-order chi connectivity index (χ0) is 17.6. The third kappa shape index (κ3) is 2.97. The molecule has 0 spiro atoms. The number of alkyl halides is 1. The van der Waals surface area contributed by atoms with Gasteiger partial charge in [-0.05, 0) is 6.08 Å². The average molecular weight is 361 g/mol.